The summed E-state index contributed by atoms with van der Waals surface area (Å²) in [5.41, 5.74) is 1.12. The minimum Gasteiger partial charge on any atom is -0.486 e. The Balaban J connectivity index is 1.63. The van der Waals surface area contributed by atoms with E-state index in [-0.39, 0.29) is 5.75 Å². The van der Waals surface area contributed by atoms with E-state index < -0.39 is 12.5 Å². The molecule has 1 aliphatic rings. The number of rotatable bonds is 5. The van der Waals surface area contributed by atoms with Crippen LogP contribution in [-0.4, -0.2) is 25.7 Å². The predicted molar refractivity (Wildman–Crippen MR) is 93.2 cm³/mol. The van der Waals surface area contributed by atoms with Crippen molar-refractivity contribution in [2.75, 3.05) is 18.5 Å². The Morgan fingerprint density at radius 3 is 2.65 bits per heavy atom. The minimum atomic E-state index is -2.89. The summed E-state index contributed by atoms with van der Waals surface area (Å²) < 4.78 is 39.3. The summed E-state index contributed by atoms with van der Waals surface area (Å²) in [5.74, 6) is 0.641. The van der Waals surface area contributed by atoms with Crippen LogP contribution in [-0.2, 0) is 4.79 Å². The number of benzene rings is 2. The van der Waals surface area contributed by atoms with Crippen molar-refractivity contribution in [1.82, 2.24) is 0 Å². The molecular weight excluding hydrogens is 368 g/mol. The maximum absolute atomic E-state index is 12.1. The van der Waals surface area contributed by atoms with Crippen molar-refractivity contribution in [3.8, 4) is 17.2 Å². The number of amides is 1. The maximum atomic E-state index is 12.1. The number of hydrogen-bond donors (Lipinski definition) is 1. The lowest BCUT2D eigenvalue weighted by Gasteiger charge is -2.19. The number of ether oxygens (including phenoxy) is 3. The Morgan fingerprint density at radius 2 is 1.92 bits per heavy atom. The molecule has 0 fully saturated rings. The van der Waals surface area contributed by atoms with Crippen molar-refractivity contribution in [2.45, 2.75) is 6.61 Å². The first-order valence-corrected chi connectivity index (χ1v) is 8.02. The molecule has 1 heterocycles. The van der Waals surface area contributed by atoms with Gasteiger partial charge in [0.1, 0.15) is 19.0 Å². The molecule has 0 spiro atoms. The zero-order valence-electron chi connectivity index (χ0n) is 13.4. The third-order valence-corrected chi connectivity index (χ3v) is 3.67. The zero-order valence-corrected chi connectivity index (χ0v) is 14.1. The lowest BCUT2D eigenvalue weighted by atomic mass is 10.1. The third kappa shape index (κ3) is 4.64. The smallest absolute Gasteiger partial charge is 0.387 e. The number of nitrogens with one attached hydrogen (secondary N) is 1. The van der Waals surface area contributed by atoms with Crippen LogP contribution in [0.2, 0.25) is 5.02 Å². The summed E-state index contributed by atoms with van der Waals surface area (Å²) in [4.78, 5) is 12.0. The van der Waals surface area contributed by atoms with E-state index in [1.807, 2.05) is 0 Å². The second-order valence-corrected chi connectivity index (χ2v) is 5.66. The van der Waals surface area contributed by atoms with Crippen molar-refractivity contribution >= 4 is 29.3 Å². The number of hydrogen-bond acceptors (Lipinski definition) is 4. The van der Waals surface area contributed by atoms with Crippen LogP contribution in [0.5, 0.6) is 17.2 Å². The summed E-state index contributed by atoms with van der Waals surface area (Å²) in [5, 5.41) is 3.01. The second kappa shape index (κ2) is 8.05. The first kappa shape index (κ1) is 18.0. The molecule has 26 heavy (non-hydrogen) atoms. The first-order chi connectivity index (χ1) is 12.5. The highest BCUT2D eigenvalue weighted by molar-refractivity contribution is 6.32. The lowest BCUT2D eigenvalue weighted by Crippen LogP contribution is -2.15. The SMILES string of the molecule is O=C(/C=C/c1cc(Cl)c2c(c1)OCCO2)Nc1ccc(OC(F)F)cc1. The highest BCUT2D eigenvalue weighted by atomic mass is 35.5. The number of fused-ring (bicyclic) bond motifs is 1. The Hall–Kier alpha value is -2.80. The van der Waals surface area contributed by atoms with Crippen molar-refractivity contribution < 1.29 is 27.8 Å². The van der Waals surface area contributed by atoms with E-state index in [4.69, 9.17) is 21.1 Å². The molecule has 8 heteroatoms. The zero-order chi connectivity index (χ0) is 18.5. The molecular formula is C18H14ClF2NO4. The molecule has 0 aromatic heterocycles. The molecule has 3 rings (SSSR count). The van der Waals surface area contributed by atoms with Gasteiger partial charge < -0.3 is 19.5 Å². The van der Waals surface area contributed by atoms with E-state index in [9.17, 15) is 13.6 Å². The molecule has 1 aliphatic heterocycles. The number of alkyl halides is 2. The van der Waals surface area contributed by atoms with Crippen LogP contribution < -0.4 is 19.5 Å². The van der Waals surface area contributed by atoms with Crippen LogP contribution in [0.15, 0.2) is 42.5 Å². The quantitative estimate of drug-likeness (QED) is 0.782. The minimum absolute atomic E-state index is 0.0134. The van der Waals surface area contributed by atoms with Crippen LogP contribution in [0.3, 0.4) is 0 Å². The Bertz CT molecular complexity index is 825. The molecule has 5 nitrogen and oxygen atoms in total. The van der Waals surface area contributed by atoms with Gasteiger partial charge in [-0.2, -0.15) is 8.78 Å². The average molecular weight is 382 g/mol. The van der Waals surface area contributed by atoms with Crippen LogP contribution >= 0.6 is 11.6 Å². The largest absolute Gasteiger partial charge is 0.486 e. The van der Waals surface area contributed by atoms with Gasteiger partial charge in [0.15, 0.2) is 11.5 Å². The molecule has 0 bridgehead atoms. The summed E-state index contributed by atoms with van der Waals surface area (Å²) in [6.45, 7) is -2.02. The van der Waals surface area contributed by atoms with Gasteiger partial charge in [-0.1, -0.05) is 11.6 Å². The molecule has 0 unspecified atom stereocenters. The number of carbonyl (C=O) groups is 1. The van der Waals surface area contributed by atoms with Crippen LogP contribution in [0.1, 0.15) is 5.56 Å². The highest BCUT2D eigenvalue weighted by Gasteiger charge is 2.16. The van der Waals surface area contributed by atoms with Gasteiger partial charge >= 0.3 is 6.61 Å². The summed E-state index contributed by atoms with van der Waals surface area (Å²) in [6.07, 6.45) is 2.90. The lowest BCUT2D eigenvalue weighted by molar-refractivity contribution is -0.111. The molecule has 2 aromatic rings. The molecule has 136 valence electrons. The first-order valence-electron chi connectivity index (χ1n) is 7.64. The number of anilines is 1. The van der Waals surface area contributed by atoms with E-state index in [0.29, 0.717) is 41.0 Å². The molecule has 0 atom stereocenters. The van der Waals surface area contributed by atoms with Crippen LogP contribution in [0, 0.1) is 0 Å². The number of carbonyl (C=O) groups excluding carboxylic acids is 1. The van der Waals surface area contributed by atoms with Crippen LogP contribution in [0.25, 0.3) is 6.08 Å². The molecule has 2 aromatic carbocycles. The Labute approximate surface area is 153 Å². The van der Waals surface area contributed by atoms with Crippen molar-refractivity contribution in [1.29, 1.82) is 0 Å². The van der Waals surface area contributed by atoms with Gasteiger partial charge in [-0.15, -0.1) is 0 Å². The highest BCUT2D eigenvalue weighted by Crippen LogP contribution is 2.38. The second-order valence-electron chi connectivity index (χ2n) is 5.25. The average Bonchev–Trinajstić information content (AvgIpc) is 2.61. The standard InChI is InChI=1S/C18H14ClF2NO4/c19-14-9-11(10-15-17(14)25-8-7-24-15)1-6-16(23)22-12-2-4-13(5-3-12)26-18(20)21/h1-6,9-10,18H,7-8H2,(H,22,23)/b6-1+. The fourth-order valence-corrected chi connectivity index (χ4v) is 2.58. The van der Waals surface area contributed by atoms with E-state index in [2.05, 4.69) is 10.1 Å². The van der Waals surface area contributed by atoms with Gasteiger partial charge in [-0.05, 0) is 48.0 Å². The third-order valence-electron chi connectivity index (χ3n) is 3.39. The monoisotopic (exact) mass is 381 g/mol. The molecule has 0 aliphatic carbocycles. The summed E-state index contributed by atoms with van der Waals surface area (Å²) >= 11 is 6.14. The number of halogens is 3. The van der Waals surface area contributed by atoms with E-state index >= 15 is 0 Å². The fourth-order valence-electron chi connectivity index (χ4n) is 2.30. The topological polar surface area (TPSA) is 56.8 Å². The normalized spacial score (nSPS) is 13.1. The molecule has 0 radical (unpaired) electrons. The van der Waals surface area contributed by atoms with Gasteiger partial charge in [0.05, 0.1) is 5.02 Å². The van der Waals surface area contributed by atoms with Crippen LogP contribution in [0.4, 0.5) is 14.5 Å². The van der Waals surface area contributed by atoms with Gasteiger partial charge in [0, 0.05) is 11.8 Å². The fraction of sp³-hybridized carbons (Fsp3) is 0.167. The Morgan fingerprint density at radius 1 is 1.19 bits per heavy atom. The molecule has 1 amide bonds. The summed E-state index contributed by atoms with van der Waals surface area (Å²) in [6, 6.07) is 8.99. The maximum Gasteiger partial charge on any atom is 0.387 e. The van der Waals surface area contributed by atoms with Gasteiger partial charge in [-0.25, -0.2) is 0 Å². The van der Waals surface area contributed by atoms with Gasteiger partial charge in [0.2, 0.25) is 5.91 Å². The van der Waals surface area contributed by atoms with Crippen molar-refractivity contribution in [2.24, 2.45) is 0 Å². The molecule has 1 N–H and O–H groups in total. The van der Waals surface area contributed by atoms with E-state index in [1.54, 1.807) is 18.2 Å². The van der Waals surface area contributed by atoms with Gasteiger partial charge in [-0.3, -0.25) is 4.79 Å². The van der Waals surface area contributed by atoms with E-state index in [0.717, 1.165) is 0 Å². The molecule has 0 saturated heterocycles. The molecule has 0 saturated carbocycles. The predicted octanol–water partition coefficient (Wildman–Crippen LogP) is 4.36. The van der Waals surface area contributed by atoms with E-state index in [1.165, 1.54) is 30.3 Å². The van der Waals surface area contributed by atoms with Gasteiger partial charge in [0.25, 0.3) is 0 Å². The summed E-state index contributed by atoms with van der Waals surface area (Å²) in [7, 11) is 0. The Kier molecular flexibility index (Phi) is 5.58. The van der Waals surface area contributed by atoms with Crippen molar-refractivity contribution in [3.63, 3.8) is 0 Å². The van der Waals surface area contributed by atoms with Crippen molar-refractivity contribution in [3.05, 3.63) is 53.1 Å².